The van der Waals surface area contributed by atoms with Gasteiger partial charge in [0.05, 0.1) is 11.3 Å². The zero-order valence-electron chi connectivity index (χ0n) is 10.5. The maximum absolute atomic E-state index is 11.0. The third-order valence-corrected chi connectivity index (χ3v) is 2.43. The SMILES string of the molecule is CC(C)C[C@H](NNc1ccccc1C#N)C(=O)O. The Morgan fingerprint density at radius 3 is 2.67 bits per heavy atom. The van der Waals surface area contributed by atoms with Crippen molar-refractivity contribution >= 4 is 11.7 Å². The highest BCUT2D eigenvalue weighted by Gasteiger charge is 2.18. The summed E-state index contributed by atoms with van der Waals surface area (Å²) in [6, 6.07) is 8.28. The Hall–Kier alpha value is -2.06. The molecular formula is C13H17N3O2. The molecule has 96 valence electrons. The van der Waals surface area contributed by atoms with Gasteiger partial charge in [-0.05, 0) is 24.5 Å². The van der Waals surface area contributed by atoms with Gasteiger partial charge < -0.3 is 10.5 Å². The molecule has 0 saturated heterocycles. The quantitative estimate of drug-likeness (QED) is 0.669. The lowest BCUT2D eigenvalue weighted by Gasteiger charge is -2.18. The van der Waals surface area contributed by atoms with Crippen LogP contribution in [0.3, 0.4) is 0 Å². The van der Waals surface area contributed by atoms with Crippen molar-refractivity contribution in [1.29, 1.82) is 5.26 Å². The number of nitriles is 1. The van der Waals surface area contributed by atoms with E-state index < -0.39 is 12.0 Å². The van der Waals surface area contributed by atoms with Crippen molar-refractivity contribution in [2.75, 3.05) is 5.43 Å². The van der Waals surface area contributed by atoms with Crippen LogP contribution in [0.4, 0.5) is 5.69 Å². The number of hydrogen-bond donors (Lipinski definition) is 3. The van der Waals surface area contributed by atoms with Crippen molar-refractivity contribution in [2.45, 2.75) is 26.3 Å². The monoisotopic (exact) mass is 247 g/mol. The molecule has 1 aromatic carbocycles. The number of hydrazine groups is 1. The smallest absolute Gasteiger partial charge is 0.322 e. The number of benzene rings is 1. The van der Waals surface area contributed by atoms with Gasteiger partial charge in [0.15, 0.2) is 0 Å². The van der Waals surface area contributed by atoms with Gasteiger partial charge in [0.1, 0.15) is 12.1 Å². The molecule has 1 rings (SSSR count). The van der Waals surface area contributed by atoms with E-state index in [-0.39, 0.29) is 5.92 Å². The van der Waals surface area contributed by atoms with E-state index in [2.05, 4.69) is 10.9 Å². The molecule has 0 aromatic heterocycles. The lowest BCUT2D eigenvalue weighted by molar-refractivity contribution is -0.139. The molecule has 3 N–H and O–H groups in total. The van der Waals surface area contributed by atoms with E-state index in [9.17, 15) is 4.79 Å². The van der Waals surface area contributed by atoms with Crippen molar-refractivity contribution in [3.63, 3.8) is 0 Å². The van der Waals surface area contributed by atoms with Gasteiger partial charge in [-0.25, -0.2) is 5.43 Å². The van der Waals surface area contributed by atoms with Gasteiger partial charge in [-0.2, -0.15) is 5.26 Å². The Labute approximate surface area is 106 Å². The summed E-state index contributed by atoms with van der Waals surface area (Å²) in [6.07, 6.45) is 0.511. The Morgan fingerprint density at radius 1 is 1.44 bits per heavy atom. The Balaban J connectivity index is 2.67. The molecule has 0 heterocycles. The van der Waals surface area contributed by atoms with E-state index >= 15 is 0 Å². The highest BCUT2D eigenvalue weighted by Crippen LogP contribution is 2.13. The first kappa shape index (κ1) is 14.0. The van der Waals surface area contributed by atoms with E-state index in [1.165, 1.54) is 0 Å². The van der Waals surface area contributed by atoms with Crippen molar-refractivity contribution in [3.05, 3.63) is 29.8 Å². The highest BCUT2D eigenvalue weighted by atomic mass is 16.4. The van der Waals surface area contributed by atoms with Gasteiger partial charge >= 0.3 is 5.97 Å². The second-order valence-electron chi connectivity index (χ2n) is 4.45. The molecule has 0 bridgehead atoms. The van der Waals surface area contributed by atoms with E-state index in [1.807, 2.05) is 19.9 Å². The summed E-state index contributed by atoms with van der Waals surface area (Å²) in [5.41, 5.74) is 6.59. The van der Waals surface area contributed by atoms with Gasteiger partial charge in [-0.15, -0.1) is 0 Å². The van der Waals surface area contributed by atoms with E-state index in [1.54, 1.807) is 24.3 Å². The predicted octanol–water partition coefficient (Wildman–Crippen LogP) is 1.97. The molecule has 18 heavy (non-hydrogen) atoms. The molecule has 1 atom stereocenters. The van der Waals surface area contributed by atoms with Crippen molar-refractivity contribution in [2.24, 2.45) is 5.92 Å². The van der Waals surface area contributed by atoms with Crippen LogP contribution >= 0.6 is 0 Å². The van der Waals surface area contributed by atoms with Gasteiger partial charge in [0.2, 0.25) is 0 Å². The van der Waals surface area contributed by atoms with Gasteiger partial charge in [-0.3, -0.25) is 4.79 Å². The summed E-state index contributed by atoms with van der Waals surface area (Å²) in [4.78, 5) is 11.0. The van der Waals surface area contributed by atoms with Crippen molar-refractivity contribution in [3.8, 4) is 6.07 Å². The molecule has 0 amide bonds. The molecule has 0 aliphatic carbocycles. The fourth-order valence-corrected chi connectivity index (χ4v) is 1.55. The number of anilines is 1. The fraction of sp³-hybridized carbons (Fsp3) is 0.385. The van der Waals surface area contributed by atoms with Crippen LogP contribution in [0.15, 0.2) is 24.3 Å². The average molecular weight is 247 g/mol. The van der Waals surface area contributed by atoms with Gasteiger partial charge in [0.25, 0.3) is 0 Å². The molecule has 1 aromatic rings. The van der Waals surface area contributed by atoms with E-state index in [0.717, 1.165) is 0 Å². The molecule has 0 saturated carbocycles. The number of carboxylic acid groups (broad SMARTS) is 1. The minimum atomic E-state index is -0.911. The van der Waals surface area contributed by atoms with Gasteiger partial charge in [0, 0.05) is 0 Å². The standard InChI is InChI=1S/C13H17N3O2/c1-9(2)7-12(13(17)18)16-15-11-6-4-3-5-10(11)8-14/h3-6,9,12,15-16H,7H2,1-2H3,(H,17,18)/t12-/m0/s1. The van der Waals surface area contributed by atoms with Crippen LogP contribution in [0.2, 0.25) is 0 Å². The van der Waals surface area contributed by atoms with Crippen molar-refractivity contribution in [1.82, 2.24) is 5.43 Å². The summed E-state index contributed by atoms with van der Waals surface area (Å²) in [5, 5.41) is 18.0. The van der Waals surface area contributed by atoms with E-state index in [0.29, 0.717) is 17.7 Å². The molecule has 0 aliphatic rings. The number of carboxylic acids is 1. The Morgan fingerprint density at radius 2 is 2.11 bits per heavy atom. The Bertz CT molecular complexity index is 452. The Kier molecular flexibility index (Phi) is 5.15. The first-order valence-corrected chi connectivity index (χ1v) is 5.78. The second kappa shape index (κ2) is 6.62. The van der Waals surface area contributed by atoms with Crippen LogP contribution < -0.4 is 10.9 Å². The van der Waals surface area contributed by atoms with E-state index in [4.69, 9.17) is 10.4 Å². The molecule has 0 unspecified atom stereocenters. The number of nitrogens with zero attached hydrogens (tertiary/aromatic N) is 1. The lowest BCUT2D eigenvalue weighted by atomic mass is 10.0. The number of nitrogens with one attached hydrogen (secondary N) is 2. The lowest BCUT2D eigenvalue weighted by Crippen LogP contribution is -2.41. The first-order chi connectivity index (χ1) is 8.54. The van der Waals surface area contributed by atoms with Gasteiger partial charge in [-0.1, -0.05) is 26.0 Å². The zero-order valence-corrected chi connectivity index (χ0v) is 10.5. The second-order valence-corrected chi connectivity index (χ2v) is 4.45. The first-order valence-electron chi connectivity index (χ1n) is 5.78. The largest absolute Gasteiger partial charge is 0.480 e. The molecular weight excluding hydrogens is 230 g/mol. The average Bonchev–Trinajstić information content (AvgIpc) is 2.34. The minimum absolute atomic E-state index is 0.270. The zero-order chi connectivity index (χ0) is 13.5. The van der Waals surface area contributed by atoms with Crippen LogP contribution in [-0.4, -0.2) is 17.1 Å². The van der Waals surface area contributed by atoms with Crippen LogP contribution in [0.25, 0.3) is 0 Å². The fourth-order valence-electron chi connectivity index (χ4n) is 1.55. The molecule has 0 radical (unpaired) electrons. The normalized spacial score (nSPS) is 11.9. The number of rotatable bonds is 6. The third kappa shape index (κ3) is 4.07. The third-order valence-electron chi connectivity index (χ3n) is 2.43. The molecule has 0 fully saturated rings. The maximum Gasteiger partial charge on any atom is 0.322 e. The molecule has 5 heteroatoms. The van der Waals surface area contributed by atoms with Crippen molar-refractivity contribution < 1.29 is 9.90 Å². The summed E-state index contributed by atoms with van der Waals surface area (Å²) in [6.45, 7) is 3.92. The summed E-state index contributed by atoms with van der Waals surface area (Å²) in [7, 11) is 0. The summed E-state index contributed by atoms with van der Waals surface area (Å²) < 4.78 is 0. The molecule has 0 aliphatic heterocycles. The number of para-hydroxylation sites is 1. The maximum atomic E-state index is 11.0. The highest BCUT2D eigenvalue weighted by molar-refractivity contribution is 5.73. The van der Waals surface area contributed by atoms with Crippen LogP contribution in [0.5, 0.6) is 0 Å². The molecule has 0 spiro atoms. The number of hydrogen-bond acceptors (Lipinski definition) is 4. The van der Waals surface area contributed by atoms with Crippen LogP contribution in [0, 0.1) is 17.2 Å². The predicted molar refractivity (Wildman–Crippen MR) is 68.8 cm³/mol. The molecule has 5 nitrogen and oxygen atoms in total. The summed E-state index contributed by atoms with van der Waals surface area (Å²) in [5.74, 6) is -0.641. The topological polar surface area (TPSA) is 85.1 Å². The summed E-state index contributed by atoms with van der Waals surface area (Å²) >= 11 is 0. The number of carbonyl (C=O) groups is 1. The van der Waals surface area contributed by atoms with Crippen LogP contribution in [-0.2, 0) is 4.79 Å². The minimum Gasteiger partial charge on any atom is -0.480 e. The van der Waals surface area contributed by atoms with Crippen LogP contribution in [0.1, 0.15) is 25.8 Å². The number of aliphatic carboxylic acids is 1.